The molecule has 1 aliphatic carbocycles. The van der Waals surface area contributed by atoms with E-state index in [0.717, 1.165) is 25.8 Å². The van der Waals surface area contributed by atoms with E-state index in [1.807, 2.05) is 0 Å². The summed E-state index contributed by atoms with van der Waals surface area (Å²) in [6.07, 6.45) is 3.05. The molecule has 0 heterocycles. The molecular weight excluding hydrogens is 152 g/mol. The number of nitrogens with two attached hydrogens (primary N) is 1. The molecule has 1 rings (SSSR count). The fourth-order valence-electron chi connectivity index (χ4n) is 1.69. The van der Waals surface area contributed by atoms with Crippen LogP contribution in [-0.2, 0) is 0 Å². The highest BCUT2D eigenvalue weighted by Gasteiger charge is 2.22. The lowest BCUT2D eigenvalue weighted by atomic mass is 10.1. The third-order valence-corrected chi connectivity index (χ3v) is 2.62. The van der Waals surface area contributed by atoms with Crippen LogP contribution in [0, 0.1) is 5.92 Å². The second-order valence-electron chi connectivity index (χ2n) is 3.88. The fourth-order valence-corrected chi connectivity index (χ4v) is 1.69. The van der Waals surface area contributed by atoms with Gasteiger partial charge < -0.3 is 16.2 Å². The first-order valence-electron chi connectivity index (χ1n) is 4.84. The van der Waals surface area contributed by atoms with Crippen molar-refractivity contribution in [3.05, 3.63) is 0 Å². The number of rotatable bonds is 4. The molecule has 0 aromatic carbocycles. The summed E-state index contributed by atoms with van der Waals surface area (Å²) in [7, 11) is 0. The van der Waals surface area contributed by atoms with Crippen LogP contribution in [0.3, 0.4) is 0 Å². The minimum atomic E-state index is -0.0509. The monoisotopic (exact) mass is 172 g/mol. The third kappa shape index (κ3) is 3.09. The molecule has 1 fully saturated rings. The van der Waals surface area contributed by atoms with Crippen molar-refractivity contribution >= 4 is 0 Å². The van der Waals surface area contributed by atoms with Crippen LogP contribution in [0.2, 0.25) is 0 Å². The Bertz CT molecular complexity index is 130. The van der Waals surface area contributed by atoms with Crippen molar-refractivity contribution in [2.24, 2.45) is 11.7 Å². The van der Waals surface area contributed by atoms with Crippen molar-refractivity contribution < 1.29 is 5.11 Å². The van der Waals surface area contributed by atoms with E-state index < -0.39 is 0 Å². The summed E-state index contributed by atoms with van der Waals surface area (Å²) in [6.45, 7) is 3.79. The lowest BCUT2D eigenvalue weighted by molar-refractivity contribution is 0.177. The van der Waals surface area contributed by atoms with Gasteiger partial charge in [-0.2, -0.15) is 0 Å². The minimum absolute atomic E-state index is 0.0509. The van der Waals surface area contributed by atoms with Gasteiger partial charge in [-0.1, -0.05) is 0 Å². The Morgan fingerprint density at radius 2 is 2.33 bits per heavy atom. The van der Waals surface area contributed by atoms with Crippen molar-refractivity contribution in [3.8, 4) is 0 Å². The smallest absolute Gasteiger partial charge is 0.0543 e. The second-order valence-corrected chi connectivity index (χ2v) is 3.88. The summed E-state index contributed by atoms with van der Waals surface area (Å²) in [5.74, 6) is 0.661. The summed E-state index contributed by atoms with van der Waals surface area (Å²) >= 11 is 0. The van der Waals surface area contributed by atoms with Gasteiger partial charge in [0.25, 0.3) is 0 Å². The van der Waals surface area contributed by atoms with Gasteiger partial charge in [0.05, 0.1) is 6.10 Å². The fraction of sp³-hybridized carbons (Fsp3) is 1.00. The van der Waals surface area contributed by atoms with Gasteiger partial charge in [-0.25, -0.2) is 0 Å². The van der Waals surface area contributed by atoms with Crippen LogP contribution in [0.4, 0.5) is 0 Å². The summed E-state index contributed by atoms with van der Waals surface area (Å²) in [5, 5.41) is 12.6. The Labute approximate surface area is 74.3 Å². The van der Waals surface area contributed by atoms with E-state index in [2.05, 4.69) is 12.2 Å². The molecule has 0 bridgehead atoms. The normalized spacial score (nSPS) is 32.2. The van der Waals surface area contributed by atoms with Crippen molar-refractivity contribution in [3.63, 3.8) is 0 Å². The highest BCUT2D eigenvalue weighted by Crippen LogP contribution is 2.24. The molecule has 0 amide bonds. The number of nitrogens with one attached hydrogen (secondary N) is 1. The third-order valence-electron chi connectivity index (χ3n) is 2.62. The van der Waals surface area contributed by atoms with Crippen molar-refractivity contribution in [2.75, 3.05) is 13.1 Å². The van der Waals surface area contributed by atoms with Crippen molar-refractivity contribution in [1.29, 1.82) is 0 Å². The number of hydrogen-bond donors (Lipinski definition) is 3. The molecule has 0 aliphatic heterocycles. The topological polar surface area (TPSA) is 58.3 Å². The van der Waals surface area contributed by atoms with Crippen LogP contribution in [0.25, 0.3) is 0 Å². The van der Waals surface area contributed by atoms with E-state index >= 15 is 0 Å². The summed E-state index contributed by atoms with van der Waals surface area (Å²) in [6, 6.07) is 0.405. The molecule has 1 aliphatic rings. The van der Waals surface area contributed by atoms with Gasteiger partial charge in [-0.3, -0.25) is 0 Å². The Kier molecular flexibility index (Phi) is 3.98. The number of hydrogen-bond acceptors (Lipinski definition) is 3. The SMILES string of the molecule is CC(CN)NCC1CCC(O)C1. The predicted octanol–water partition coefficient (Wildman–Crippen LogP) is 0.0842. The van der Waals surface area contributed by atoms with Crippen LogP contribution in [0.15, 0.2) is 0 Å². The zero-order valence-electron chi connectivity index (χ0n) is 7.79. The average molecular weight is 172 g/mol. The summed E-state index contributed by atoms with van der Waals surface area (Å²) < 4.78 is 0. The number of aliphatic hydroxyl groups excluding tert-OH is 1. The van der Waals surface area contributed by atoms with Crippen molar-refractivity contribution in [2.45, 2.75) is 38.3 Å². The Morgan fingerprint density at radius 3 is 2.83 bits per heavy atom. The Morgan fingerprint density at radius 1 is 1.58 bits per heavy atom. The molecule has 4 N–H and O–H groups in total. The first kappa shape index (κ1) is 9.96. The summed E-state index contributed by atoms with van der Waals surface area (Å²) in [4.78, 5) is 0. The predicted molar refractivity (Wildman–Crippen MR) is 49.9 cm³/mol. The molecule has 0 aromatic rings. The van der Waals surface area contributed by atoms with E-state index in [-0.39, 0.29) is 6.10 Å². The molecule has 0 spiro atoms. The van der Waals surface area contributed by atoms with Gasteiger partial charge >= 0.3 is 0 Å². The van der Waals surface area contributed by atoms with Crippen LogP contribution >= 0.6 is 0 Å². The summed E-state index contributed by atoms with van der Waals surface area (Å²) in [5.41, 5.74) is 5.47. The van der Waals surface area contributed by atoms with E-state index in [1.165, 1.54) is 0 Å². The highest BCUT2D eigenvalue weighted by molar-refractivity contribution is 4.77. The number of aliphatic hydroxyl groups is 1. The van der Waals surface area contributed by atoms with Crippen LogP contribution in [0.1, 0.15) is 26.2 Å². The van der Waals surface area contributed by atoms with E-state index in [1.54, 1.807) is 0 Å². The van der Waals surface area contributed by atoms with Crippen molar-refractivity contribution in [1.82, 2.24) is 5.32 Å². The molecule has 3 heteroatoms. The maximum atomic E-state index is 9.27. The molecular formula is C9H20N2O. The van der Waals surface area contributed by atoms with Gasteiger partial charge in [-0.15, -0.1) is 0 Å². The highest BCUT2D eigenvalue weighted by atomic mass is 16.3. The van der Waals surface area contributed by atoms with Gasteiger partial charge in [0.1, 0.15) is 0 Å². The quantitative estimate of drug-likeness (QED) is 0.563. The lowest BCUT2D eigenvalue weighted by Gasteiger charge is -2.15. The molecule has 3 unspecified atom stereocenters. The molecule has 1 saturated carbocycles. The maximum Gasteiger partial charge on any atom is 0.0543 e. The van der Waals surface area contributed by atoms with Gasteiger partial charge in [0.15, 0.2) is 0 Å². The van der Waals surface area contributed by atoms with E-state index in [4.69, 9.17) is 5.73 Å². The maximum absolute atomic E-state index is 9.27. The second kappa shape index (κ2) is 4.80. The largest absolute Gasteiger partial charge is 0.393 e. The van der Waals surface area contributed by atoms with Crippen LogP contribution in [-0.4, -0.2) is 30.3 Å². The molecule has 3 nitrogen and oxygen atoms in total. The first-order valence-corrected chi connectivity index (χ1v) is 4.84. The molecule has 0 saturated heterocycles. The van der Waals surface area contributed by atoms with Gasteiger partial charge in [0, 0.05) is 12.6 Å². The lowest BCUT2D eigenvalue weighted by Crippen LogP contribution is -2.36. The standard InChI is InChI=1S/C9H20N2O/c1-7(5-10)11-6-8-2-3-9(12)4-8/h7-9,11-12H,2-6,10H2,1H3. The minimum Gasteiger partial charge on any atom is -0.393 e. The molecule has 0 radical (unpaired) electrons. The zero-order valence-corrected chi connectivity index (χ0v) is 7.79. The van der Waals surface area contributed by atoms with E-state index in [9.17, 15) is 5.11 Å². The molecule has 12 heavy (non-hydrogen) atoms. The molecule has 72 valence electrons. The first-order chi connectivity index (χ1) is 5.72. The van der Waals surface area contributed by atoms with Crippen LogP contribution < -0.4 is 11.1 Å². The average Bonchev–Trinajstić information content (AvgIpc) is 2.47. The Balaban J connectivity index is 2.07. The zero-order chi connectivity index (χ0) is 8.97. The van der Waals surface area contributed by atoms with Gasteiger partial charge in [-0.05, 0) is 38.6 Å². The molecule has 3 atom stereocenters. The van der Waals surface area contributed by atoms with Gasteiger partial charge in [0.2, 0.25) is 0 Å². The Hall–Kier alpha value is -0.120. The van der Waals surface area contributed by atoms with E-state index in [0.29, 0.717) is 18.5 Å². The molecule has 0 aromatic heterocycles. The van der Waals surface area contributed by atoms with Crippen LogP contribution in [0.5, 0.6) is 0 Å².